The van der Waals surface area contributed by atoms with Gasteiger partial charge in [-0.1, -0.05) is 18.2 Å². The van der Waals surface area contributed by atoms with Gasteiger partial charge in [0.05, 0.1) is 10.5 Å². The van der Waals surface area contributed by atoms with Crippen molar-refractivity contribution in [2.75, 3.05) is 5.32 Å². The summed E-state index contributed by atoms with van der Waals surface area (Å²) >= 11 is 3.23. The molecule has 1 N–H and O–H groups in total. The number of nitro groups is 1. The Bertz CT molecular complexity index is 686. The number of halogens is 1. The molecule has 0 saturated heterocycles. The van der Waals surface area contributed by atoms with E-state index in [2.05, 4.69) is 21.2 Å². The zero-order chi connectivity index (χ0) is 14.7. The number of rotatable bonds is 3. The van der Waals surface area contributed by atoms with E-state index < -0.39 is 10.8 Å². The van der Waals surface area contributed by atoms with Crippen LogP contribution in [0.15, 0.2) is 46.9 Å². The van der Waals surface area contributed by atoms with Crippen LogP contribution in [0, 0.1) is 17.0 Å². The lowest BCUT2D eigenvalue weighted by Crippen LogP contribution is -2.13. The van der Waals surface area contributed by atoms with Gasteiger partial charge in [-0.3, -0.25) is 14.9 Å². The predicted molar refractivity (Wildman–Crippen MR) is 79.9 cm³/mol. The molecule has 0 bridgehead atoms. The summed E-state index contributed by atoms with van der Waals surface area (Å²) in [6, 6.07) is 11.4. The summed E-state index contributed by atoms with van der Waals surface area (Å²) in [6.07, 6.45) is 0. The van der Waals surface area contributed by atoms with Crippen molar-refractivity contribution in [3.63, 3.8) is 0 Å². The van der Waals surface area contributed by atoms with Crippen molar-refractivity contribution in [1.29, 1.82) is 0 Å². The monoisotopic (exact) mass is 334 g/mol. The minimum Gasteiger partial charge on any atom is -0.322 e. The van der Waals surface area contributed by atoms with Gasteiger partial charge in [0.1, 0.15) is 0 Å². The van der Waals surface area contributed by atoms with Crippen molar-refractivity contribution < 1.29 is 9.72 Å². The summed E-state index contributed by atoms with van der Waals surface area (Å²) in [5.41, 5.74) is 1.70. The molecule has 20 heavy (non-hydrogen) atoms. The molecule has 0 aliphatic carbocycles. The average Bonchev–Trinajstić information content (AvgIpc) is 2.41. The summed E-state index contributed by atoms with van der Waals surface area (Å²) in [4.78, 5) is 22.4. The molecule has 6 heteroatoms. The van der Waals surface area contributed by atoms with E-state index in [1.807, 2.05) is 25.1 Å². The molecule has 1 amide bonds. The molecule has 0 atom stereocenters. The summed E-state index contributed by atoms with van der Waals surface area (Å²) < 4.78 is 0.509. The Kier molecular flexibility index (Phi) is 4.14. The van der Waals surface area contributed by atoms with Crippen LogP contribution in [0.4, 0.5) is 11.4 Å². The molecule has 0 unspecified atom stereocenters. The molecule has 0 fully saturated rings. The minimum atomic E-state index is -0.531. The minimum absolute atomic E-state index is 0.122. The Hall–Kier alpha value is -2.21. The molecule has 0 radical (unpaired) electrons. The van der Waals surface area contributed by atoms with Crippen LogP contribution >= 0.6 is 15.9 Å². The highest BCUT2D eigenvalue weighted by molar-refractivity contribution is 9.10. The fraction of sp³-hybridized carbons (Fsp3) is 0.0714. The summed E-state index contributed by atoms with van der Waals surface area (Å²) in [5.74, 6) is -0.394. The maximum atomic E-state index is 12.2. The fourth-order valence-corrected chi connectivity index (χ4v) is 2.13. The standard InChI is InChI=1S/C14H11BrN2O3/c1-9-4-2-3-5-13(9)16-14(18)11-8-10(17(19)20)6-7-12(11)15/h2-8H,1H3,(H,16,18). The van der Waals surface area contributed by atoms with Crippen LogP contribution in [0.5, 0.6) is 0 Å². The first-order valence-corrected chi connectivity index (χ1v) is 6.59. The summed E-state index contributed by atoms with van der Waals surface area (Å²) in [5, 5.41) is 13.5. The van der Waals surface area contributed by atoms with Crippen molar-refractivity contribution in [2.24, 2.45) is 0 Å². The quantitative estimate of drug-likeness (QED) is 0.683. The highest BCUT2D eigenvalue weighted by atomic mass is 79.9. The van der Waals surface area contributed by atoms with E-state index in [4.69, 9.17) is 0 Å². The number of anilines is 1. The molecule has 0 spiro atoms. The van der Waals surface area contributed by atoms with Gasteiger partial charge in [0, 0.05) is 22.3 Å². The van der Waals surface area contributed by atoms with Crippen LogP contribution in [0.25, 0.3) is 0 Å². The van der Waals surface area contributed by atoms with Gasteiger partial charge in [0.15, 0.2) is 0 Å². The molecule has 2 aromatic carbocycles. The van der Waals surface area contributed by atoms with Gasteiger partial charge in [0.2, 0.25) is 0 Å². The number of benzene rings is 2. The van der Waals surface area contributed by atoms with E-state index in [-0.39, 0.29) is 11.3 Å². The van der Waals surface area contributed by atoms with E-state index in [0.29, 0.717) is 10.2 Å². The number of amides is 1. The van der Waals surface area contributed by atoms with Crippen molar-refractivity contribution in [1.82, 2.24) is 0 Å². The van der Waals surface area contributed by atoms with Crippen LogP contribution in [-0.2, 0) is 0 Å². The van der Waals surface area contributed by atoms with E-state index in [1.165, 1.54) is 18.2 Å². The number of para-hydroxylation sites is 1. The second kappa shape index (κ2) is 5.83. The van der Waals surface area contributed by atoms with Crippen molar-refractivity contribution in [3.05, 3.63) is 68.2 Å². The highest BCUT2D eigenvalue weighted by Crippen LogP contribution is 2.24. The summed E-state index contributed by atoms with van der Waals surface area (Å²) in [6.45, 7) is 1.87. The molecule has 0 aliphatic rings. The molecule has 2 aromatic rings. The lowest BCUT2D eigenvalue weighted by Gasteiger charge is -2.09. The Balaban J connectivity index is 2.32. The predicted octanol–water partition coefficient (Wildman–Crippen LogP) is 3.92. The van der Waals surface area contributed by atoms with Gasteiger partial charge in [-0.05, 0) is 40.5 Å². The maximum Gasteiger partial charge on any atom is 0.270 e. The second-order valence-corrected chi connectivity index (χ2v) is 5.04. The number of aryl methyl sites for hydroxylation is 1. The third-order valence-electron chi connectivity index (χ3n) is 2.80. The highest BCUT2D eigenvalue weighted by Gasteiger charge is 2.16. The number of hydrogen-bond acceptors (Lipinski definition) is 3. The Morgan fingerprint density at radius 3 is 2.60 bits per heavy atom. The molecule has 2 rings (SSSR count). The number of nitro benzene ring substituents is 1. The first kappa shape index (κ1) is 14.2. The number of hydrogen-bond donors (Lipinski definition) is 1. The van der Waals surface area contributed by atoms with Crippen LogP contribution in [-0.4, -0.2) is 10.8 Å². The largest absolute Gasteiger partial charge is 0.322 e. The number of carbonyl (C=O) groups is 1. The van der Waals surface area contributed by atoms with E-state index in [9.17, 15) is 14.9 Å². The molecule has 0 aliphatic heterocycles. The molecular weight excluding hydrogens is 324 g/mol. The van der Waals surface area contributed by atoms with Crippen LogP contribution in [0.1, 0.15) is 15.9 Å². The van der Waals surface area contributed by atoms with Crippen molar-refractivity contribution >= 4 is 33.2 Å². The zero-order valence-electron chi connectivity index (χ0n) is 10.6. The third kappa shape index (κ3) is 3.03. The van der Waals surface area contributed by atoms with Gasteiger partial charge in [-0.25, -0.2) is 0 Å². The molecule has 0 heterocycles. The maximum absolute atomic E-state index is 12.2. The lowest BCUT2D eigenvalue weighted by atomic mass is 10.1. The van der Waals surface area contributed by atoms with Crippen LogP contribution in [0.2, 0.25) is 0 Å². The Morgan fingerprint density at radius 2 is 1.95 bits per heavy atom. The van der Waals surface area contributed by atoms with Crippen LogP contribution < -0.4 is 5.32 Å². The van der Waals surface area contributed by atoms with E-state index >= 15 is 0 Å². The van der Waals surface area contributed by atoms with Crippen molar-refractivity contribution in [2.45, 2.75) is 6.92 Å². The van der Waals surface area contributed by atoms with E-state index in [1.54, 1.807) is 6.07 Å². The van der Waals surface area contributed by atoms with Gasteiger partial charge in [-0.2, -0.15) is 0 Å². The number of nitrogens with one attached hydrogen (secondary N) is 1. The topological polar surface area (TPSA) is 72.2 Å². The Morgan fingerprint density at radius 1 is 1.25 bits per heavy atom. The van der Waals surface area contributed by atoms with E-state index in [0.717, 1.165) is 5.56 Å². The van der Waals surface area contributed by atoms with Crippen LogP contribution in [0.3, 0.4) is 0 Å². The number of carbonyl (C=O) groups excluding carboxylic acids is 1. The summed E-state index contributed by atoms with van der Waals surface area (Å²) in [7, 11) is 0. The molecule has 0 aromatic heterocycles. The van der Waals surface area contributed by atoms with Gasteiger partial charge in [-0.15, -0.1) is 0 Å². The molecule has 0 saturated carbocycles. The first-order chi connectivity index (χ1) is 9.49. The number of nitrogens with zero attached hydrogens (tertiary/aromatic N) is 1. The number of non-ortho nitro benzene ring substituents is 1. The zero-order valence-corrected chi connectivity index (χ0v) is 12.2. The van der Waals surface area contributed by atoms with Gasteiger partial charge >= 0.3 is 0 Å². The smallest absolute Gasteiger partial charge is 0.270 e. The third-order valence-corrected chi connectivity index (χ3v) is 3.49. The molecule has 5 nitrogen and oxygen atoms in total. The fourth-order valence-electron chi connectivity index (χ4n) is 1.70. The van der Waals surface area contributed by atoms with Gasteiger partial charge in [0.25, 0.3) is 11.6 Å². The Labute approximate surface area is 123 Å². The average molecular weight is 335 g/mol. The SMILES string of the molecule is Cc1ccccc1NC(=O)c1cc([N+](=O)[O-])ccc1Br. The van der Waals surface area contributed by atoms with Crippen molar-refractivity contribution in [3.8, 4) is 0 Å². The lowest BCUT2D eigenvalue weighted by molar-refractivity contribution is -0.384. The normalized spacial score (nSPS) is 10.1. The van der Waals surface area contributed by atoms with Gasteiger partial charge < -0.3 is 5.32 Å². The first-order valence-electron chi connectivity index (χ1n) is 5.80. The second-order valence-electron chi connectivity index (χ2n) is 4.19. The molecular formula is C14H11BrN2O3. The molecule has 102 valence electrons.